The first-order valence-corrected chi connectivity index (χ1v) is 10.1. The highest BCUT2D eigenvalue weighted by atomic mass is 16.3. The fourth-order valence-corrected chi connectivity index (χ4v) is 4.70. The van der Waals surface area contributed by atoms with Crippen molar-refractivity contribution in [3.05, 3.63) is 0 Å². The molecule has 2 amide bonds. The Labute approximate surface area is 146 Å². The summed E-state index contributed by atoms with van der Waals surface area (Å²) in [7, 11) is 0. The Hall–Kier alpha value is -0.810. The third kappa shape index (κ3) is 4.85. The van der Waals surface area contributed by atoms with E-state index in [2.05, 4.69) is 10.2 Å². The summed E-state index contributed by atoms with van der Waals surface area (Å²) in [6.07, 6.45) is 11.4. The van der Waals surface area contributed by atoms with Crippen LogP contribution in [-0.2, 0) is 0 Å². The molecule has 5 nitrogen and oxygen atoms in total. The molecule has 2 aliphatic heterocycles. The Morgan fingerprint density at radius 3 is 2.38 bits per heavy atom. The van der Waals surface area contributed by atoms with Gasteiger partial charge in [0, 0.05) is 38.8 Å². The standard InChI is InChI=1S/C19H35N3O2/c23-15-17-8-11-21(12-9-17)19(24)20-13-18-7-4-10-22(18)14-16-5-2-1-3-6-16/h16-18,23H,1-15H2,(H,20,24). The zero-order valence-electron chi connectivity index (χ0n) is 15.1. The minimum atomic E-state index is 0.0934. The van der Waals surface area contributed by atoms with Gasteiger partial charge in [0.2, 0.25) is 0 Å². The van der Waals surface area contributed by atoms with Gasteiger partial charge in [0.05, 0.1) is 0 Å². The molecule has 3 fully saturated rings. The van der Waals surface area contributed by atoms with E-state index in [1.807, 2.05) is 4.90 Å². The Bertz CT molecular complexity index is 390. The molecule has 0 aromatic carbocycles. The van der Waals surface area contributed by atoms with Crippen LogP contribution in [0.25, 0.3) is 0 Å². The lowest BCUT2D eigenvalue weighted by atomic mass is 9.89. The zero-order valence-corrected chi connectivity index (χ0v) is 15.1. The van der Waals surface area contributed by atoms with Crippen LogP contribution in [0, 0.1) is 11.8 Å². The van der Waals surface area contributed by atoms with Crippen molar-refractivity contribution in [3.63, 3.8) is 0 Å². The summed E-state index contributed by atoms with van der Waals surface area (Å²) in [5, 5.41) is 12.4. The van der Waals surface area contributed by atoms with Gasteiger partial charge >= 0.3 is 6.03 Å². The van der Waals surface area contributed by atoms with Crippen molar-refractivity contribution in [3.8, 4) is 0 Å². The topological polar surface area (TPSA) is 55.8 Å². The van der Waals surface area contributed by atoms with E-state index in [-0.39, 0.29) is 12.6 Å². The highest BCUT2D eigenvalue weighted by Crippen LogP contribution is 2.27. The minimum Gasteiger partial charge on any atom is -0.396 e. The molecule has 0 spiro atoms. The number of aliphatic hydroxyl groups is 1. The van der Waals surface area contributed by atoms with Crippen LogP contribution in [0.15, 0.2) is 0 Å². The zero-order chi connectivity index (χ0) is 16.8. The van der Waals surface area contributed by atoms with Crippen LogP contribution >= 0.6 is 0 Å². The Kier molecular flexibility index (Phi) is 6.78. The molecular formula is C19H35N3O2. The highest BCUT2D eigenvalue weighted by Gasteiger charge is 2.29. The van der Waals surface area contributed by atoms with Gasteiger partial charge < -0.3 is 15.3 Å². The molecule has 1 saturated carbocycles. The third-order valence-electron chi connectivity index (χ3n) is 6.37. The lowest BCUT2D eigenvalue weighted by Gasteiger charge is -2.33. The van der Waals surface area contributed by atoms with Crippen molar-refractivity contribution < 1.29 is 9.90 Å². The molecular weight excluding hydrogens is 302 g/mol. The average molecular weight is 338 g/mol. The summed E-state index contributed by atoms with van der Waals surface area (Å²) >= 11 is 0. The molecule has 0 radical (unpaired) electrons. The van der Waals surface area contributed by atoms with E-state index in [4.69, 9.17) is 0 Å². The summed E-state index contributed by atoms with van der Waals surface area (Å²) in [6.45, 7) is 5.07. The Balaban J connectivity index is 1.39. The summed E-state index contributed by atoms with van der Waals surface area (Å²) in [5.41, 5.74) is 0. The van der Waals surface area contributed by atoms with Crippen molar-refractivity contribution in [2.75, 3.05) is 39.3 Å². The molecule has 24 heavy (non-hydrogen) atoms. The van der Waals surface area contributed by atoms with E-state index in [0.717, 1.165) is 38.4 Å². The van der Waals surface area contributed by atoms with Gasteiger partial charge in [0.15, 0.2) is 0 Å². The molecule has 0 aromatic rings. The number of aliphatic hydroxyl groups excluding tert-OH is 1. The van der Waals surface area contributed by atoms with Crippen molar-refractivity contribution in [2.45, 2.75) is 63.8 Å². The third-order valence-corrected chi connectivity index (χ3v) is 6.37. The molecule has 2 saturated heterocycles. The fourth-order valence-electron chi connectivity index (χ4n) is 4.70. The summed E-state index contributed by atoms with van der Waals surface area (Å²) < 4.78 is 0. The molecule has 2 N–H and O–H groups in total. The van der Waals surface area contributed by atoms with Crippen LogP contribution in [0.3, 0.4) is 0 Å². The van der Waals surface area contributed by atoms with Gasteiger partial charge in [-0.1, -0.05) is 19.3 Å². The molecule has 1 unspecified atom stereocenters. The van der Waals surface area contributed by atoms with Crippen LogP contribution in [0.5, 0.6) is 0 Å². The van der Waals surface area contributed by atoms with Crippen LogP contribution < -0.4 is 5.32 Å². The van der Waals surface area contributed by atoms with E-state index in [1.165, 1.54) is 58.0 Å². The SMILES string of the molecule is O=C(NCC1CCCN1CC1CCCCC1)N1CCC(CO)CC1. The number of nitrogens with one attached hydrogen (secondary N) is 1. The second kappa shape index (κ2) is 9.04. The van der Waals surface area contributed by atoms with Gasteiger partial charge in [-0.2, -0.15) is 0 Å². The van der Waals surface area contributed by atoms with E-state index in [9.17, 15) is 9.90 Å². The quantitative estimate of drug-likeness (QED) is 0.810. The number of hydrogen-bond donors (Lipinski definition) is 2. The number of rotatable bonds is 5. The van der Waals surface area contributed by atoms with Gasteiger partial charge in [0.25, 0.3) is 0 Å². The van der Waals surface area contributed by atoms with Crippen molar-refractivity contribution in [1.82, 2.24) is 15.1 Å². The number of hydrogen-bond acceptors (Lipinski definition) is 3. The van der Waals surface area contributed by atoms with Crippen LogP contribution in [0.2, 0.25) is 0 Å². The monoisotopic (exact) mass is 337 g/mol. The smallest absolute Gasteiger partial charge is 0.317 e. The second-order valence-corrected chi connectivity index (χ2v) is 8.09. The number of likely N-dealkylation sites (tertiary alicyclic amines) is 2. The Morgan fingerprint density at radius 1 is 0.917 bits per heavy atom. The predicted octanol–water partition coefficient (Wildman–Crippen LogP) is 2.45. The maximum Gasteiger partial charge on any atom is 0.317 e. The van der Waals surface area contributed by atoms with Crippen LogP contribution in [0.1, 0.15) is 57.8 Å². The molecule has 3 rings (SSSR count). The van der Waals surface area contributed by atoms with E-state index < -0.39 is 0 Å². The number of piperidine rings is 1. The number of carbonyl (C=O) groups is 1. The van der Waals surface area contributed by atoms with Gasteiger partial charge in [0.1, 0.15) is 0 Å². The van der Waals surface area contributed by atoms with Gasteiger partial charge in [-0.3, -0.25) is 4.90 Å². The fraction of sp³-hybridized carbons (Fsp3) is 0.947. The largest absolute Gasteiger partial charge is 0.396 e. The number of carbonyl (C=O) groups excluding carboxylic acids is 1. The molecule has 0 aromatic heterocycles. The molecule has 1 aliphatic carbocycles. The molecule has 3 aliphatic rings. The molecule has 5 heteroatoms. The first kappa shape index (κ1) is 18.0. The lowest BCUT2D eigenvalue weighted by molar-refractivity contribution is 0.134. The summed E-state index contributed by atoms with van der Waals surface area (Å²) in [6, 6.07) is 0.627. The number of amides is 2. The lowest BCUT2D eigenvalue weighted by Crippen LogP contribution is -2.49. The van der Waals surface area contributed by atoms with E-state index >= 15 is 0 Å². The maximum atomic E-state index is 12.4. The van der Waals surface area contributed by atoms with Crippen molar-refractivity contribution >= 4 is 6.03 Å². The summed E-state index contributed by atoms with van der Waals surface area (Å²) in [4.78, 5) is 16.9. The van der Waals surface area contributed by atoms with Gasteiger partial charge in [-0.25, -0.2) is 4.79 Å². The second-order valence-electron chi connectivity index (χ2n) is 8.09. The molecule has 2 heterocycles. The van der Waals surface area contributed by atoms with Crippen molar-refractivity contribution in [1.29, 1.82) is 0 Å². The first-order valence-electron chi connectivity index (χ1n) is 10.1. The first-order chi connectivity index (χ1) is 11.8. The molecule has 138 valence electrons. The van der Waals surface area contributed by atoms with E-state index in [1.54, 1.807) is 0 Å². The number of urea groups is 1. The maximum absolute atomic E-state index is 12.4. The van der Waals surface area contributed by atoms with Crippen LogP contribution in [-0.4, -0.2) is 66.3 Å². The Morgan fingerprint density at radius 2 is 1.67 bits per heavy atom. The van der Waals surface area contributed by atoms with Crippen molar-refractivity contribution in [2.24, 2.45) is 11.8 Å². The average Bonchev–Trinajstić information content (AvgIpc) is 3.07. The van der Waals surface area contributed by atoms with Gasteiger partial charge in [-0.15, -0.1) is 0 Å². The van der Waals surface area contributed by atoms with Gasteiger partial charge in [-0.05, 0) is 56.9 Å². The predicted molar refractivity (Wildman–Crippen MR) is 96.0 cm³/mol. The minimum absolute atomic E-state index is 0.0934. The van der Waals surface area contributed by atoms with Crippen LogP contribution in [0.4, 0.5) is 4.79 Å². The molecule has 1 atom stereocenters. The summed E-state index contributed by atoms with van der Waals surface area (Å²) in [5.74, 6) is 1.27. The molecule has 0 bridgehead atoms. The van der Waals surface area contributed by atoms with E-state index in [0.29, 0.717) is 12.0 Å². The normalized spacial score (nSPS) is 27.5. The number of nitrogens with zero attached hydrogens (tertiary/aromatic N) is 2. The highest BCUT2D eigenvalue weighted by molar-refractivity contribution is 5.74.